The minimum absolute atomic E-state index is 0.0292. The van der Waals surface area contributed by atoms with Crippen LogP contribution in [0.4, 0.5) is 0 Å². The maximum absolute atomic E-state index is 9.72. The van der Waals surface area contributed by atoms with E-state index in [1.807, 2.05) is 0 Å². The first-order valence-corrected chi connectivity index (χ1v) is 8.99. The molecule has 0 rings (SSSR count). The van der Waals surface area contributed by atoms with Crippen LogP contribution in [-0.4, -0.2) is 11.2 Å². The van der Waals surface area contributed by atoms with Crippen molar-refractivity contribution in [1.29, 1.82) is 0 Å². The third-order valence-corrected chi connectivity index (χ3v) is 4.03. The number of hydrogen-bond donors (Lipinski definition) is 1. The molecule has 0 amide bonds. The van der Waals surface area contributed by atoms with Gasteiger partial charge in [-0.3, -0.25) is 0 Å². The summed E-state index contributed by atoms with van der Waals surface area (Å²) in [5.74, 6) is 0. The molecular formula is C18H38O. The summed E-state index contributed by atoms with van der Waals surface area (Å²) in [4.78, 5) is 0. The van der Waals surface area contributed by atoms with Crippen LogP contribution in [0.3, 0.4) is 0 Å². The van der Waals surface area contributed by atoms with Gasteiger partial charge in [-0.05, 0) is 12.8 Å². The zero-order valence-electron chi connectivity index (χ0n) is 13.6. The van der Waals surface area contributed by atoms with Gasteiger partial charge in [0.1, 0.15) is 0 Å². The largest absolute Gasteiger partial charge is 0.393 e. The Balaban J connectivity index is 3.02. The Labute approximate surface area is 122 Å². The summed E-state index contributed by atoms with van der Waals surface area (Å²) in [6, 6.07) is 0. The van der Waals surface area contributed by atoms with E-state index in [2.05, 4.69) is 13.8 Å². The van der Waals surface area contributed by atoms with Crippen LogP contribution >= 0.6 is 0 Å². The molecule has 1 N–H and O–H groups in total. The first-order valence-electron chi connectivity index (χ1n) is 8.99. The van der Waals surface area contributed by atoms with Gasteiger partial charge in [0.05, 0.1) is 6.10 Å². The van der Waals surface area contributed by atoms with Gasteiger partial charge in [-0.1, -0.05) is 97.3 Å². The van der Waals surface area contributed by atoms with Crippen LogP contribution in [0.5, 0.6) is 0 Å². The fourth-order valence-corrected chi connectivity index (χ4v) is 2.63. The second kappa shape index (κ2) is 16.0. The van der Waals surface area contributed by atoms with Crippen molar-refractivity contribution in [3.8, 4) is 0 Å². The van der Waals surface area contributed by atoms with E-state index in [-0.39, 0.29) is 6.10 Å². The summed E-state index contributed by atoms with van der Waals surface area (Å²) >= 11 is 0. The molecule has 1 nitrogen and oxygen atoms in total. The Morgan fingerprint density at radius 3 is 1.37 bits per heavy atom. The van der Waals surface area contributed by atoms with Gasteiger partial charge >= 0.3 is 0 Å². The average Bonchev–Trinajstić information content (AvgIpc) is 2.42. The Kier molecular flexibility index (Phi) is 16.0. The fraction of sp³-hybridized carbons (Fsp3) is 1.00. The molecule has 0 saturated heterocycles. The highest BCUT2D eigenvalue weighted by Crippen LogP contribution is 2.13. The monoisotopic (exact) mass is 270 g/mol. The summed E-state index contributed by atoms with van der Waals surface area (Å²) < 4.78 is 0. The first-order chi connectivity index (χ1) is 9.31. The molecule has 0 heterocycles. The lowest BCUT2D eigenvalue weighted by atomic mass is 10.0. The Bertz CT molecular complexity index is 156. The molecule has 0 saturated carbocycles. The van der Waals surface area contributed by atoms with Crippen molar-refractivity contribution in [1.82, 2.24) is 0 Å². The Hall–Kier alpha value is -0.0400. The van der Waals surface area contributed by atoms with Crippen LogP contribution < -0.4 is 0 Å². The van der Waals surface area contributed by atoms with E-state index in [0.717, 1.165) is 12.8 Å². The quantitative estimate of drug-likeness (QED) is 0.349. The van der Waals surface area contributed by atoms with E-state index >= 15 is 0 Å². The standard InChI is InChI=1S/C18H38O/c1-3-5-7-8-9-10-11-12-13-14-15-17-18(19)16-6-4-2/h18-19H,3-17H2,1-2H3/t18-/m0/s1. The molecule has 0 aromatic carbocycles. The Morgan fingerprint density at radius 2 is 0.895 bits per heavy atom. The van der Waals surface area contributed by atoms with Gasteiger partial charge in [0.25, 0.3) is 0 Å². The van der Waals surface area contributed by atoms with E-state index in [1.165, 1.54) is 83.5 Å². The van der Waals surface area contributed by atoms with Gasteiger partial charge in [-0.25, -0.2) is 0 Å². The van der Waals surface area contributed by atoms with Crippen molar-refractivity contribution in [2.24, 2.45) is 0 Å². The maximum Gasteiger partial charge on any atom is 0.0540 e. The lowest BCUT2D eigenvalue weighted by Gasteiger charge is -2.09. The van der Waals surface area contributed by atoms with Gasteiger partial charge in [0, 0.05) is 0 Å². The van der Waals surface area contributed by atoms with Crippen LogP contribution in [0.25, 0.3) is 0 Å². The maximum atomic E-state index is 9.72. The number of unbranched alkanes of at least 4 members (excludes halogenated alkanes) is 11. The van der Waals surface area contributed by atoms with Crippen LogP contribution in [0.1, 0.15) is 110 Å². The van der Waals surface area contributed by atoms with E-state index < -0.39 is 0 Å². The molecule has 0 radical (unpaired) electrons. The van der Waals surface area contributed by atoms with Crippen molar-refractivity contribution >= 4 is 0 Å². The highest BCUT2D eigenvalue weighted by atomic mass is 16.3. The van der Waals surface area contributed by atoms with Crippen molar-refractivity contribution in [2.45, 2.75) is 116 Å². The summed E-state index contributed by atoms with van der Waals surface area (Å²) in [6.07, 6.45) is 19.6. The molecule has 0 aromatic heterocycles. The van der Waals surface area contributed by atoms with Crippen molar-refractivity contribution in [3.05, 3.63) is 0 Å². The molecule has 0 spiro atoms. The topological polar surface area (TPSA) is 20.2 Å². The summed E-state index contributed by atoms with van der Waals surface area (Å²) in [5.41, 5.74) is 0. The number of rotatable bonds is 15. The average molecular weight is 271 g/mol. The van der Waals surface area contributed by atoms with Crippen LogP contribution in [0, 0.1) is 0 Å². The van der Waals surface area contributed by atoms with E-state index in [4.69, 9.17) is 0 Å². The lowest BCUT2D eigenvalue weighted by molar-refractivity contribution is 0.148. The predicted octanol–water partition coefficient (Wildman–Crippen LogP) is 6.24. The lowest BCUT2D eigenvalue weighted by Crippen LogP contribution is -2.05. The van der Waals surface area contributed by atoms with E-state index in [1.54, 1.807) is 0 Å². The van der Waals surface area contributed by atoms with E-state index in [9.17, 15) is 5.11 Å². The van der Waals surface area contributed by atoms with Gasteiger partial charge < -0.3 is 5.11 Å². The minimum Gasteiger partial charge on any atom is -0.393 e. The van der Waals surface area contributed by atoms with Crippen molar-refractivity contribution < 1.29 is 5.11 Å². The van der Waals surface area contributed by atoms with Gasteiger partial charge in [0.2, 0.25) is 0 Å². The molecule has 0 aliphatic heterocycles. The molecule has 0 bridgehead atoms. The zero-order valence-corrected chi connectivity index (χ0v) is 13.6. The SMILES string of the molecule is CCCCCCCCCCCCC[C@@H](O)CCCC. The molecule has 0 aromatic rings. The molecule has 0 aliphatic carbocycles. The first kappa shape index (κ1) is 19.0. The molecule has 0 fully saturated rings. The Morgan fingerprint density at radius 1 is 0.526 bits per heavy atom. The van der Waals surface area contributed by atoms with Gasteiger partial charge in [-0.15, -0.1) is 0 Å². The molecule has 19 heavy (non-hydrogen) atoms. The highest BCUT2D eigenvalue weighted by molar-refractivity contribution is 4.56. The highest BCUT2D eigenvalue weighted by Gasteiger charge is 2.02. The molecule has 0 unspecified atom stereocenters. The fourth-order valence-electron chi connectivity index (χ4n) is 2.63. The van der Waals surface area contributed by atoms with Crippen LogP contribution in [-0.2, 0) is 0 Å². The van der Waals surface area contributed by atoms with Crippen LogP contribution in [0.15, 0.2) is 0 Å². The van der Waals surface area contributed by atoms with Gasteiger partial charge in [-0.2, -0.15) is 0 Å². The summed E-state index contributed by atoms with van der Waals surface area (Å²) in [6.45, 7) is 4.47. The van der Waals surface area contributed by atoms with Gasteiger partial charge in [0.15, 0.2) is 0 Å². The zero-order chi connectivity index (χ0) is 14.2. The third kappa shape index (κ3) is 15.9. The molecule has 116 valence electrons. The molecular weight excluding hydrogens is 232 g/mol. The molecule has 1 heteroatoms. The van der Waals surface area contributed by atoms with Crippen molar-refractivity contribution in [2.75, 3.05) is 0 Å². The minimum atomic E-state index is -0.0292. The molecule has 0 aliphatic rings. The second-order valence-corrected chi connectivity index (χ2v) is 6.12. The third-order valence-electron chi connectivity index (χ3n) is 4.03. The summed E-state index contributed by atoms with van der Waals surface area (Å²) in [7, 11) is 0. The number of aliphatic hydroxyl groups is 1. The molecule has 1 atom stereocenters. The van der Waals surface area contributed by atoms with Crippen LogP contribution in [0.2, 0.25) is 0 Å². The smallest absolute Gasteiger partial charge is 0.0540 e. The number of hydrogen-bond acceptors (Lipinski definition) is 1. The number of aliphatic hydroxyl groups excluding tert-OH is 1. The second-order valence-electron chi connectivity index (χ2n) is 6.12. The van der Waals surface area contributed by atoms with Crippen molar-refractivity contribution in [3.63, 3.8) is 0 Å². The normalized spacial score (nSPS) is 12.8. The summed E-state index contributed by atoms with van der Waals surface area (Å²) in [5, 5.41) is 9.72. The predicted molar refractivity (Wildman–Crippen MR) is 86.6 cm³/mol. The van der Waals surface area contributed by atoms with E-state index in [0.29, 0.717) is 0 Å².